The molecule has 152 valence electrons. The number of nitrogens with zero attached hydrogens (tertiary/aromatic N) is 1. The maximum absolute atomic E-state index is 12.9. The van der Waals surface area contributed by atoms with Crippen LogP contribution in [0.15, 0.2) is 47.4 Å². The number of benzene rings is 2. The Balaban J connectivity index is 1.78. The van der Waals surface area contributed by atoms with E-state index < -0.39 is 16.1 Å². The van der Waals surface area contributed by atoms with E-state index in [4.69, 9.17) is 27.9 Å². The lowest BCUT2D eigenvalue weighted by Crippen LogP contribution is -2.35. The van der Waals surface area contributed by atoms with E-state index in [1.165, 1.54) is 6.42 Å². The second-order valence-electron chi connectivity index (χ2n) is 7.25. The van der Waals surface area contributed by atoms with Gasteiger partial charge in [0.25, 0.3) is 0 Å². The van der Waals surface area contributed by atoms with Crippen molar-refractivity contribution >= 4 is 33.2 Å². The van der Waals surface area contributed by atoms with Gasteiger partial charge < -0.3 is 9.64 Å². The summed E-state index contributed by atoms with van der Waals surface area (Å²) in [6.45, 7) is 0.472. The standard InChI is InChI=1S/C20H24Cl2N2O3S/c1-24(2)13-20(14-6-11-18(21)19(22)12-14)23-28(25,26)17-9-7-16(8-10-17)27-15-4-3-5-15/h6-12,15,20,23H,3-5,13H2,1-2H3. The molecule has 0 saturated heterocycles. The molecular formula is C20H24Cl2N2O3S. The Morgan fingerprint density at radius 2 is 1.79 bits per heavy atom. The van der Waals surface area contributed by atoms with Gasteiger partial charge in [-0.3, -0.25) is 0 Å². The van der Waals surface area contributed by atoms with E-state index in [9.17, 15) is 8.42 Å². The molecule has 1 fully saturated rings. The molecule has 5 nitrogen and oxygen atoms in total. The van der Waals surface area contributed by atoms with Crippen LogP contribution in [0.5, 0.6) is 5.75 Å². The minimum Gasteiger partial charge on any atom is -0.490 e. The number of hydrogen-bond acceptors (Lipinski definition) is 4. The molecule has 1 unspecified atom stereocenters. The highest BCUT2D eigenvalue weighted by molar-refractivity contribution is 7.89. The smallest absolute Gasteiger partial charge is 0.241 e. The van der Waals surface area contributed by atoms with Crippen molar-refractivity contribution in [2.24, 2.45) is 0 Å². The average molecular weight is 443 g/mol. The summed E-state index contributed by atoms with van der Waals surface area (Å²) in [6.07, 6.45) is 3.54. The van der Waals surface area contributed by atoms with Crippen LogP contribution >= 0.6 is 23.2 Å². The fourth-order valence-electron chi connectivity index (χ4n) is 2.94. The number of ether oxygens (including phenoxy) is 1. The van der Waals surface area contributed by atoms with Crippen molar-refractivity contribution in [3.8, 4) is 5.75 Å². The molecule has 3 rings (SSSR count). The van der Waals surface area contributed by atoms with Crippen LogP contribution in [0, 0.1) is 0 Å². The zero-order valence-corrected chi connectivity index (χ0v) is 18.2. The van der Waals surface area contributed by atoms with Crippen LogP contribution in [-0.4, -0.2) is 40.1 Å². The molecule has 0 aromatic heterocycles. The van der Waals surface area contributed by atoms with E-state index >= 15 is 0 Å². The first kappa shape index (κ1) is 21.4. The Kier molecular flexibility index (Phi) is 6.89. The fourth-order valence-corrected chi connectivity index (χ4v) is 4.46. The molecule has 28 heavy (non-hydrogen) atoms. The molecule has 1 N–H and O–H groups in total. The monoisotopic (exact) mass is 442 g/mol. The molecule has 0 radical (unpaired) electrons. The molecule has 2 aromatic rings. The first-order chi connectivity index (χ1) is 13.2. The van der Waals surface area contributed by atoms with E-state index in [1.54, 1.807) is 42.5 Å². The summed E-state index contributed by atoms with van der Waals surface area (Å²) >= 11 is 12.1. The Morgan fingerprint density at radius 3 is 2.32 bits per heavy atom. The largest absolute Gasteiger partial charge is 0.490 e. The molecule has 1 saturated carbocycles. The van der Waals surface area contributed by atoms with Crippen molar-refractivity contribution < 1.29 is 13.2 Å². The summed E-state index contributed by atoms with van der Waals surface area (Å²) in [4.78, 5) is 2.10. The molecule has 0 aliphatic heterocycles. The summed E-state index contributed by atoms with van der Waals surface area (Å²) in [5.74, 6) is 0.693. The maximum atomic E-state index is 12.9. The maximum Gasteiger partial charge on any atom is 0.241 e. The molecule has 8 heteroatoms. The SMILES string of the molecule is CN(C)CC(NS(=O)(=O)c1ccc(OC2CCC2)cc1)c1ccc(Cl)c(Cl)c1. The third kappa shape index (κ3) is 5.39. The third-order valence-corrected chi connectivity index (χ3v) is 6.91. The van der Waals surface area contributed by atoms with E-state index in [0.717, 1.165) is 18.4 Å². The quantitative estimate of drug-likeness (QED) is 0.653. The van der Waals surface area contributed by atoms with Gasteiger partial charge in [0.2, 0.25) is 10.0 Å². The van der Waals surface area contributed by atoms with Gasteiger partial charge in [-0.25, -0.2) is 13.1 Å². The number of rotatable bonds is 8. The van der Waals surface area contributed by atoms with Gasteiger partial charge in [-0.05, 0) is 75.3 Å². The second-order valence-corrected chi connectivity index (χ2v) is 9.78. The molecule has 1 atom stereocenters. The zero-order valence-electron chi connectivity index (χ0n) is 15.9. The molecule has 1 aliphatic carbocycles. The van der Waals surface area contributed by atoms with Crippen LogP contribution < -0.4 is 9.46 Å². The van der Waals surface area contributed by atoms with E-state index in [-0.39, 0.29) is 11.0 Å². The Morgan fingerprint density at radius 1 is 1.11 bits per heavy atom. The van der Waals surface area contributed by atoms with Crippen LogP contribution in [0.4, 0.5) is 0 Å². The van der Waals surface area contributed by atoms with Crippen molar-refractivity contribution in [2.75, 3.05) is 20.6 Å². The summed E-state index contributed by atoms with van der Waals surface area (Å²) < 4.78 is 34.4. The van der Waals surface area contributed by atoms with Crippen molar-refractivity contribution in [1.82, 2.24) is 9.62 Å². The highest BCUT2D eigenvalue weighted by Gasteiger charge is 2.23. The average Bonchev–Trinajstić information content (AvgIpc) is 2.60. The number of hydrogen-bond donors (Lipinski definition) is 1. The first-order valence-corrected chi connectivity index (χ1v) is 11.4. The van der Waals surface area contributed by atoms with Gasteiger partial charge >= 0.3 is 0 Å². The molecule has 0 spiro atoms. The Labute approximate surface area is 176 Å². The lowest BCUT2D eigenvalue weighted by Gasteiger charge is -2.26. The van der Waals surface area contributed by atoms with E-state index in [2.05, 4.69) is 4.72 Å². The summed E-state index contributed by atoms with van der Waals surface area (Å²) in [5, 5.41) is 0.818. The Hall–Kier alpha value is -1.31. The van der Waals surface area contributed by atoms with Gasteiger partial charge in [-0.15, -0.1) is 0 Å². The minimum absolute atomic E-state index is 0.192. The number of likely N-dealkylation sites (N-methyl/N-ethyl adjacent to an activating group) is 1. The van der Waals surface area contributed by atoms with Gasteiger partial charge in [0.15, 0.2) is 0 Å². The highest BCUT2D eigenvalue weighted by atomic mass is 35.5. The molecular weight excluding hydrogens is 419 g/mol. The van der Waals surface area contributed by atoms with Gasteiger partial charge in [-0.1, -0.05) is 29.3 Å². The van der Waals surface area contributed by atoms with Crippen molar-refractivity contribution in [1.29, 1.82) is 0 Å². The molecule has 2 aromatic carbocycles. The second kappa shape index (κ2) is 9.01. The third-order valence-electron chi connectivity index (χ3n) is 4.68. The molecule has 0 amide bonds. The summed E-state index contributed by atoms with van der Waals surface area (Å²) in [6, 6.07) is 11.2. The van der Waals surface area contributed by atoms with Gasteiger partial charge in [0.05, 0.1) is 27.1 Å². The highest BCUT2D eigenvalue weighted by Crippen LogP contribution is 2.28. The van der Waals surface area contributed by atoms with Crippen molar-refractivity contribution in [3.63, 3.8) is 0 Å². The summed E-state index contributed by atoms with van der Waals surface area (Å²) in [7, 11) is 0.0394. The number of halogens is 2. The fraction of sp³-hybridized carbons (Fsp3) is 0.400. The normalized spacial score (nSPS) is 16.0. The number of sulfonamides is 1. The van der Waals surface area contributed by atoms with Crippen molar-refractivity contribution in [2.45, 2.75) is 36.3 Å². The van der Waals surface area contributed by atoms with Gasteiger partial charge in [-0.2, -0.15) is 0 Å². The minimum atomic E-state index is -3.72. The van der Waals surface area contributed by atoms with Crippen molar-refractivity contribution in [3.05, 3.63) is 58.1 Å². The van der Waals surface area contributed by atoms with Crippen LogP contribution in [0.25, 0.3) is 0 Å². The van der Waals surface area contributed by atoms with Crippen LogP contribution in [-0.2, 0) is 10.0 Å². The lowest BCUT2D eigenvalue weighted by atomic mass is 9.96. The lowest BCUT2D eigenvalue weighted by molar-refractivity contribution is 0.120. The van der Waals surface area contributed by atoms with Gasteiger partial charge in [0, 0.05) is 6.54 Å². The topological polar surface area (TPSA) is 58.6 Å². The van der Waals surface area contributed by atoms with Crippen LogP contribution in [0.3, 0.4) is 0 Å². The molecule has 0 bridgehead atoms. The first-order valence-electron chi connectivity index (χ1n) is 9.13. The zero-order chi connectivity index (χ0) is 20.3. The molecule has 1 aliphatic rings. The van der Waals surface area contributed by atoms with Gasteiger partial charge in [0.1, 0.15) is 5.75 Å². The van der Waals surface area contributed by atoms with E-state index in [0.29, 0.717) is 22.3 Å². The summed E-state index contributed by atoms with van der Waals surface area (Å²) in [5.41, 5.74) is 0.747. The van der Waals surface area contributed by atoms with E-state index in [1.807, 2.05) is 19.0 Å². The molecule has 0 heterocycles. The predicted molar refractivity (Wildman–Crippen MR) is 113 cm³/mol. The Bertz CT molecular complexity index is 914. The van der Waals surface area contributed by atoms with Crippen LogP contribution in [0.1, 0.15) is 30.9 Å². The van der Waals surface area contributed by atoms with Crippen LogP contribution in [0.2, 0.25) is 10.0 Å². The number of nitrogens with one attached hydrogen (secondary N) is 1. The predicted octanol–water partition coefficient (Wildman–Crippen LogP) is 4.51.